The molecule has 102 valence electrons. The minimum atomic E-state index is 0.376. The Morgan fingerprint density at radius 1 is 1.32 bits per heavy atom. The first-order chi connectivity index (χ1) is 9.06. The van der Waals surface area contributed by atoms with Crippen molar-refractivity contribution >= 4 is 17.3 Å². The van der Waals surface area contributed by atoms with Gasteiger partial charge in [0.1, 0.15) is 12.7 Å². The largest absolute Gasteiger partial charge is 0.381 e. The molecule has 1 unspecified atom stereocenters. The maximum atomic E-state index is 6.08. The topological polar surface area (TPSA) is 42.7 Å². The van der Waals surface area contributed by atoms with E-state index >= 15 is 0 Å². The summed E-state index contributed by atoms with van der Waals surface area (Å²) in [5.74, 6) is 0.650. The number of nitrogens with one attached hydrogen (secondary N) is 1. The SMILES string of the molecule is CC(C)CC(C)Nc1cc(Cl)ccc1-n1cncn1. The average Bonchev–Trinajstić information content (AvgIpc) is 2.81. The Bertz CT molecular complexity index is 522. The van der Waals surface area contributed by atoms with E-state index in [0.29, 0.717) is 17.0 Å². The summed E-state index contributed by atoms with van der Waals surface area (Å²) in [5, 5.41) is 8.38. The summed E-state index contributed by atoms with van der Waals surface area (Å²) in [4.78, 5) is 3.98. The standard InChI is InChI=1S/C14H19ClN4/c1-10(2)6-11(3)18-13-7-12(15)4-5-14(13)19-9-16-8-17-19/h4-5,7-11,18H,6H2,1-3H3. The van der Waals surface area contributed by atoms with Crippen molar-refractivity contribution in [2.45, 2.75) is 33.2 Å². The number of rotatable bonds is 5. The fourth-order valence-corrected chi connectivity index (χ4v) is 2.36. The average molecular weight is 279 g/mol. The normalized spacial score (nSPS) is 12.7. The second kappa shape index (κ2) is 6.06. The molecule has 19 heavy (non-hydrogen) atoms. The van der Waals surface area contributed by atoms with Gasteiger partial charge in [-0.1, -0.05) is 25.4 Å². The molecular weight excluding hydrogens is 260 g/mol. The highest BCUT2D eigenvalue weighted by molar-refractivity contribution is 6.31. The molecule has 0 aliphatic heterocycles. The maximum Gasteiger partial charge on any atom is 0.138 e. The third-order valence-electron chi connectivity index (χ3n) is 2.85. The first kappa shape index (κ1) is 13.9. The van der Waals surface area contributed by atoms with Crippen LogP contribution in [-0.2, 0) is 0 Å². The zero-order chi connectivity index (χ0) is 13.8. The Balaban J connectivity index is 2.25. The summed E-state index contributed by atoms with van der Waals surface area (Å²) < 4.78 is 1.74. The number of benzene rings is 1. The Morgan fingerprint density at radius 3 is 2.74 bits per heavy atom. The Hall–Kier alpha value is -1.55. The van der Waals surface area contributed by atoms with Crippen LogP contribution in [0, 0.1) is 5.92 Å². The maximum absolute atomic E-state index is 6.08. The van der Waals surface area contributed by atoms with E-state index in [1.807, 2.05) is 18.2 Å². The third-order valence-corrected chi connectivity index (χ3v) is 3.09. The molecule has 5 heteroatoms. The van der Waals surface area contributed by atoms with E-state index in [1.165, 1.54) is 6.33 Å². The highest BCUT2D eigenvalue weighted by atomic mass is 35.5. The van der Waals surface area contributed by atoms with Gasteiger partial charge in [-0.05, 0) is 37.5 Å². The predicted molar refractivity (Wildman–Crippen MR) is 78.9 cm³/mol. The Labute approximate surface area is 118 Å². The minimum Gasteiger partial charge on any atom is -0.381 e. The number of nitrogens with zero attached hydrogens (tertiary/aromatic N) is 3. The third kappa shape index (κ3) is 3.70. The fourth-order valence-electron chi connectivity index (χ4n) is 2.19. The van der Waals surface area contributed by atoms with Gasteiger partial charge in [0.2, 0.25) is 0 Å². The van der Waals surface area contributed by atoms with E-state index in [4.69, 9.17) is 11.6 Å². The highest BCUT2D eigenvalue weighted by Crippen LogP contribution is 2.25. The van der Waals surface area contributed by atoms with Gasteiger partial charge in [-0.2, -0.15) is 5.10 Å². The molecule has 0 amide bonds. The summed E-state index contributed by atoms with van der Waals surface area (Å²) >= 11 is 6.08. The van der Waals surface area contributed by atoms with Crippen molar-refractivity contribution in [2.24, 2.45) is 5.92 Å². The van der Waals surface area contributed by atoms with Crippen LogP contribution in [0.5, 0.6) is 0 Å². The molecule has 1 atom stereocenters. The van der Waals surface area contributed by atoms with Gasteiger partial charge in [0.05, 0.1) is 11.4 Å². The second-order valence-electron chi connectivity index (χ2n) is 5.18. The van der Waals surface area contributed by atoms with Crippen molar-refractivity contribution in [2.75, 3.05) is 5.32 Å². The molecule has 2 rings (SSSR count). The van der Waals surface area contributed by atoms with Crippen molar-refractivity contribution < 1.29 is 0 Å². The molecule has 1 aromatic heterocycles. The van der Waals surface area contributed by atoms with E-state index in [9.17, 15) is 0 Å². The summed E-state index contributed by atoms with van der Waals surface area (Å²) in [6.07, 6.45) is 4.31. The molecule has 0 spiro atoms. The molecule has 0 aliphatic rings. The second-order valence-corrected chi connectivity index (χ2v) is 5.61. The van der Waals surface area contributed by atoms with Crippen LogP contribution >= 0.6 is 11.6 Å². The lowest BCUT2D eigenvalue weighted by atomic mass is 10.0. The monoisotopic (exact) mass is 278 g/mol. The quantitative estimate of drug-likeness (QED) is 0.905. The van der Waals surface area contributed by atoms with Gasteiger partial charge in [0.25, 0.3) is 0 Å². The summed E-state index contributed by atoms with van der Waals surface area (Å²) in [6.45, 7) is 6.61. The lowest BCUT2D eigenvalue weighted by molar-refractivity contribution is 0.539. The van der Waals surface area contributed by atoms with E-state index in [1.54, 1.807) is 11.0 Å². The van der Waals surface area contributed by atoms with Crippen molar-refractivity contribution in [1.29, 1.82) is 0 Å². The van der Waals surface area contributed by atoms with Gasteiger partial charge < -0.3 is 5.32 Å². The van der Waals surface area contributed by atoms with Crippen molar-refractivity contribution in [1.82, 2.24) is 14.8 Å². The van der Waals surface area contributed by atoms with Gasteiger partial charge >= 0.3 is 0 Å². The number of hydrogen-bond donors (Lipinski definition) is 1. The minimum absolute atomic E-state index is 0.376. The van der Waals surface area contributed by atoms with Crippen LogP contribution in [0.1, 0.15) is 27.2 Å². The molecule has 0 fully saturated rings. The first-order valence-corrected chi connectivity index (χ1v) is 6.85. The fraction of sp³-hybridized carbons (Fsp3) is 0.429. The van der Waals surface area contributed by atoms with E-state index in [2.05, 4.69) is 36.2 Å². The Morgan fingerprint density at radius 2 is 2.11 bits per heavy atom. The molecule has 1 aromatic carbocycles. The molecule has 2 aromatic rings. The van der Waals surface area contributed by atoms with Crippen LogP contribution in [-0.4, -0.2) is 20.8 Å². The first-order valence-electron chi connectivity index (χ1n) is 6.47. The number of hydrogen-bond acceptors (Lipinski definition) is 3. The highest BCUT2D eigenvalue weighted by Gasteiger charge is 2.10. The Kier molecular flexibility index (Phi) is 4.43. The van der Waals surface area contributed by atoms with Crippen LogP contribution < -0.4 is 5.32 Å². The molecule has 1 N–H and O–H groups in total. The summed E-state index contributed by atoms with van der Waals surface area (Å²) in [5.41, 5.74) is 1.93. The molecule has 0 radical (unpaired) electrons. The van der Waals surface area contributed by atoms with Crippen LogP contribution in [0.4, 0.5) is 5.69 Å². The zero-order valence-electron chi connectivity index (χ0n) is 11.5. The smallest absolute Gasteiger partial charge is 0.138 e. The van der Waals surface area contributed by atoms with Gasteiger partial charge in [-0.25, -0.2) is 9.67 Å². The lowest BCUT2D eigenvalue weighted by Crippen LogP contribution is -2.18. The number of aromatic nitrogens is 3. The molecule has 4 nitrogen and oxygen atoms in total. The predicted octanol–water partition coefficient (Wildman–Crippen LogP) is 3.77. The van der Waals surface area contributed by atoms with Gasteiger partial charge in [-0.3, -0.25) is 0 Å². The molecule has 0 saturated carbocycles. The number of anilines is 1. The van der Waals surface area contributed by atoms with Crippen LogP contribution in [0.2, 0.25) is 5.02 Å². The lowest BCUT2D eigenvalue weighted by Gasteiger charge is -2.19. The number of halogens is 1. The van der Waals surface area contributed by atoms with E-state index < -0.39 is 0 Å². The molecule has 1 heterocycles. The van der Waals surface area contributed by atoms with Crippen LogP contribution in [0.15, 0.2) is 30.9 Å². The van der Waals surface area contributed by atoms with Crippen molar-refractivity contribution in [3.63, 3.8) is 0 Å². The summed E-state index contributed by atoms with van der Waals surface area (Å²) in [7, 11) is 0. The van der Waals surface area contributed by atoms with E-state index in [-0.39, 0.29) is 0 Å². The zero-order valence-corrected chi connectivity index (χ0v) is 12.2. The molecule has 0 bridgehead atoms. The van der Waals surface area contributed by atoms with Gasteiger partial charge in [0.15, 0.2) is 0 Å². The van der Waals surface area contributed by atoms with Crippen LogP contribution in [0.25, 0.3) is 5.69 Å². The van der Waals surface area contributed by atoms with Crippen molar-refractivity contribution in [3.05, 3.63) is 35.9 Å². The van der Waals surface area contributed by atoms with Gasteiger partial charge in [0, 0.05) is 11.1 Å². The van der Waals surface area contributed by atoms with E-state index in [0.717, 1.165) is 17.8 Å². The summed E-state index contributed by atoms with van der Waals surface area (Å²) in [6, 6.07) is 6.11. The van der Waals surface area contributed by atoms with Crippen LogP contribution in [0.3, 0.4) is 0 Å². The van der Waals surface area contributed by atoms with Gasteiger partial charge in [-0.15, -0.1) is 0 Å². The molecular formula is C14H19ClN4. The molecule has 0 saturated heterocycles. The van der Waals surface area contributed by atoms with Crippen molar-refractivity contribution in [3.8, 4) is 5.69 Å². The molecule has 0 aliphatic carbocycles.